The monoisotopic (exact) mass is 207 g/mol. The van der Waals surface area contributed by atoms with E-state index in [1.807, 2.05) is 7.05 Å². The molecule has 0 rings (SSSR count). The van der Waals surface area contributed by atoms with E-state index in [9.17, 15) is 0 Å². The van der Waals surface area contributed by atoms with Gasteiger partial charge in [-0.1, -0.05) is 13.8 Å². The minimum absolute atomic E-state index is 0.473. The van der Waals surface area contributed by atoms with Crippen LogP contribution in [0.1, 0.15) is 13.8 Å². The molecule has 0 aromatic carbocycles. The predicted octanol–water partition coefficient (Wildman–Crippen LogP) is 1.07. The van der Waals surface area contributed by atoms with E-state index in [1.54, 1.807) is 14.2 Å². The van der Waals surface area contributed by atoms with Gasteiger partial charge in [-0.05, 0) is 13.0 Å². The van der Waals surface area contributed by atoms with Gasteiger partial charge in [-0.3, -0.25) is 5.32 Å². The Balaban J connectivity index is 4.13. The van der Waals surface area contributed by atoms with Gasteiger partial charge in [0.1, 0.15) is 0 Å². The third-order valence-electron chi connectivity index (χ3n) is 1.72. The summed E-state index contributed by atoms with van der Waals surface area (Å²) in [5.74, 6) is 0.517. The normalized spacial score (nSPS) is 12.5. The van der Waals surface area contributed by atoms with Crippen molar-refractivity contribution < 1.29 is 13.3 Å². The van der Waals surface area contributed by atoms with Crippen molar-refractivity contribution in [3.05, 3.63) is 0 Å². The highest BCUT2D eigenvalue weighted by Crippen LogP contribution is 2.18. The first kappa shape index (κ1) is 13.1. The SMILES string of the molecule is CNCO[Si](CC(C)C)(OC)OC. The smallest absolute Gasteiger partial charge is 0.377 e. The summed E-state index contributed by atoms with van der Waals surface area (Å²) in [5.41, 5.74) is 0. The zero-order chi connectivity index (χ0) is 10.3. The summed E-state index contributed by atoms with van der Waals surface area (Å²) >= 11 is 0. The summed E-state index contributed by atoms with van der Waals surface area (Å²) in [6, 6.07) is 0.849. The van der Waals surface area contributed by atoms with E-state index in [0.717, 1.165) is 6.04 Å². The lowest BCUT2D eigenvalue weighted by Crippen LogP contribution is -2.46. The van der Waals surface area contributed by atoms with Crippen molar-refractivity contribution in [3.8, 4) is 0 Å². The van der Waals surface area contributed by atoms with Crippen LogP contribution in [0.3, 0.4) is 0 Å². The van der Waals surface area contributed by atoms with Crippen LogP contribution in [-0.4, -0.2) is 36.8 Å². The van der Waals surface area contributed by atoms with Gasteiger partial charge >= 0.3 is 8.80 Å². The standard InChI is InChI=1S/C8H21NO3Si/c1-8(2)6-13(10-4,11-5)12-7-9-3/h8-9H,6-7H2,1-5H3. The highest BCUT2D eigenvalue weighted by atomic mass is 28.4. The number of nitrogens with one attached hydrogen (secondary N) is 1. The molecule has 0 aliphatic carbocycles. The molecule has 0 aliphatic heterocycles. The molecule has 4 nitrogen and oxygen atoms in total. The van der Waals surface area contributed by atoms with E-state index >= 15 is 0 Å². The Morgan fingerprint density at radius 2 is 1.77 bits per heavy atom. The van der Waals surface area contributed by atoms with Crippen molar-refractivity contribution in [1.29, 1.82) is 0 Å². The Morgan fingerprint density at radius 1 is 1.23 bits per heavy atom. The van der Waals surface area contributed by atoms with Gasteiger partial charge in [0, 0.05) is 20.3 Å². The molecule has 0 amide bonds. The van der Waals surface area contributed by atoms with Gasteiger partial charge in [0.05, 0.1) is 6.73 Å². The summed E-state index contributed by atoms with van der Waals surface area (Å²) in [7, 11) is 2.74. The predicted molar refractivity (Wildman–Crippen MR) is 54.4 cm³/mol. The van der Waals surface area contributed by atoms with Crippen molar-refractivity contribution >= 4 is 8.80 Å². The second kappa shape index (κ2) is 6.50. The quantitative estimate of drug-likeness (QED) is 0.501. The van der Waals surface area contributed by atoms with Crippen LogP contribution in [0.5, 0.6) is 0 Å². The fourth-order valence-corrected chi connectivity index (χ4v) is 3.33. The third-order valence-corrected chi connectivity index (χ3v) is 4.86. The molecule has 0 bridgehead atoms. The van der Waals surface area contributed by atoms with Crippen molar-refractivity contribution in [2.75, 3.05) is 28.0 Å². The van der Waals surface area contributed by atoms with E-state index in [0.29, 0.717) is 12.6 Å². The third kappa shape index (κ3) is 4.73. The van der Waals surface area contributed by atoms with Crippen molar-refractivity contribution in [2.45, 2.75) is 19.9 Å². The molecule has 0 heterocycles. The van der Waals surface area contributed by atoms with Crippen LogP contribution >= 0.6 is 0 Å². The van der Waals surface area contributed by atoms with E-state index < -0.39 is 8.80 Å². The zero-order valence-corrected chi connectivity index (χ0v) is 10.2. The molecule has 1 N–H and O–H groups in total. The molecule has 0 spiro atoms. The van der Waals surface area contributed by atoms with Gasteiger partial charge in [-0.15, -0.1) is 0 Å². The van der Waals surface area contributed by atoms with Crippen molar-refractivity contribution in [1.82, 2.24) is 5.32 Å². The minimum atomic E-state index is -2.39. The summed E-state index contributed by atoms with van der Waals surface area (Å²) in [4.78, 5) is 0. The summed E-state index contributed by atoms with van der Waals surface area (Å²) in [5, 5.41) is 2.92. The van der Waals surface area contributed by atoms with E-state index in [2.05, 4.69) is 19.2 Å². The first-order valence-corrected chi connectivity index (χ1v) is 6.42. The van der Waals surface area contributed by atoms with Crippen LogP contribution in [0, 0.1) is 5.92 Å². The fraction of sp³-hybridized carbons (Fsp3) is 1.00. The number of hydrogen-bond donors (Lipinski definition) is 1. The van der Waals surface area contributed by atoms with Gasteiger partial charge < -0.3 is 13.3 Å². The van der Waals surface area contributed by atoms with Crippen molar-refractivity contribution in [3.63, 3.8) is 0 Å². The van der Waals surface area contributed by atoms with Crippen LogP contribution in [0.4, 0.5) is 0 Å². The summed E-state index contributed by atoms with van der Waals surface area (Å²) in [6.45, 7) is 4.73. The van der Waals surface area contributed by atoms with E-state index in [1.165, 1.54) is 0 Å². The maximum Gasteiger partial charge on any atom is 0.501 e. The average molecular weight is 207 g/mol. The van der Waals surface area contributed by atoms with E-state index in [-0.39, 0.29) is 0 Å². The van der Waals surface area contributed by atoms with Crippen LogP contribution < -0.4 is 5.32 Å². The number of rotatable bonds is 7. The second-order valence-electron chi connectivity index (χ2n) is 3.33. The molecule has 13 heavy (non-hydrogen) atoms. The van der Waals surface area contributed by atoms with Gasteiger partial charge in [0.2, 0.25) is 0 Å². The van der Waals surface area contributed by atoms with Crippen LogP contribution in [0.15, 0.2) is 0 Å². The molecule has 0 aliphatic rings. The topological polar surface area (TPSA) is 39.7 Å². The first-order chi connectivity index (χ1) is 6.10. The lowest BCUT2D eigenvalue weighted by molar-refractivity contribution is 0.0892. The fourth-order valence-electron chi connectivity index (χ4n) is 1.11. The molecule has 0 atom stereocenters. The van der Waals surface area contributed by atoms with Gasteiger partial charge in [0.15, 0.2) is 0 Å². The Kier molecular flexibility index (Phi) is 6.53. The van der Waals surface area contributed by atoms with Crippen molar-refractivity contribution in [2.24, 2.45) is 5.92 Å². The van der Waals surface area contributed by atoms with Gasteiger partial charge in [-0.25, -0.2) is 0 Å². The van der Waals surface area contributed by atoms with E-state index in [4.69, 9.17) is 13.3 Å². The molecule has 0 aromatic rings. The Labute approximate surface area is 81.9 Å². The highest BCUT2D eigenvalue weighted by Gasteiger charge is 2.39. The molecule has 0 fully saturated rings. The average Bonchev–Trinajstić information content (AvgIpc) is 2.12. The summed E-state index contributed by atoms with van der Waals surface area (Å²) in [6.07, 6.45) is 0. The molecule has 80 valence electrons. The largest absolute Gasteiger partial charge is 0.501 e. The van der Waals surface area contributed by atoms with Gasteiger partial charge in [-0.2, -0.15) is 0 Å². The maximum absolute atomic E-state index is 5.57. The van der Waals surface area contributed by atoms with Gasteiger partial charge in [0.25, 0.3) is 0 Å². The molecule has 0 radical (unpaired) electrons. The second-order valence-corrected chi connectivity index (χ2v) is 6.21. The molecule has 0 aromatic heterocycles. The van der Waals surface area contributed by atoms with Crippen LogP contribution in [0.2, 0.25) is 6.04 Å². The molecule has 0 unspecified atom stereocenters. The molecular weight excluding hydrogens is 186 g/mol. The lowest BCUT2D eigenvalue weighted by Gasteiger charge is -2.27. The zero-order valence-electron chi connectivity index (χ0n) is 9.22. The Hall–Kier alpha value is 0.0569. The Morgan fingerprint density at radius 3 is 2.08 bits per heavy atom. The highest BCUT2D eigenvalue weighted by molar-refractivity contribution is 6.60. The molecule has 0 saturated heterocycles. The van der Waals surface area contributed by atoms with Crippen LogP contribution in [-0.2, 0) is 13.3 Å². The van der Waals surface area contributed by atoms with Crippen LogP contribution in [0.25, 0.3) is 0 Å². The lowest BCUT2D eigenvalue weighted by atomic mass is 10.3. The molecule has 5 heteroatoms. The molecule has 0 saturated carbocycles. The first-order valence-electron chi connectivity index (χ1n) is 4.49. The molecular formula is C8H21NO3Si. The summed E-state index contributed by atoms with van der Waals surface area (Å²) < 4.78 is 16.3. The Bertz CT molecular complexity index is 129. The maximum atomic E-state index is 5.57. The number of hydrogen-bond acceptors (Lipinski definition) is 4. The minimum Gasteiger partial charge on any atom is -0.377 e.